The fraction of sp³-hybridized carbons (Fsp3) is 0.917. The third-order valence-electron chi connectivity index (χ3n) is 3.41. The third-order valence-corrected chi connectivity index (χ3v) is 3.41. The summed E-state index contributed by atoms with van der Waals surface area (Å²) in [6.45, 7) is 3.32. The molecule has 17 heavy (non-hydrogen) atoms. The number of nitrogens with zero attached hydrogens (tertiary/aromatic N) is 3. The third kappa shape index (κ3) is 4.91. The first-order valence-electron chi connectivity index (χ1n) is 6.33. The van der Waals surface area contributed by atoms with Crippen molar-refractivity contribution in [1.82, 2.24) is 14.7 Å². The van der Waals surface area contributed by atoms with E-state index in [0.717, 1.165) is 25.9 Å². The van der Waals surface area contributed by atoms with E-state index in [2.05, 4.69) is 16.8 Å². The fourth-order valence-electron chi connectivity index (χ4n) is 2.31. The van der Waals surface area contributed by atoms with Gasteiger partial charge in [-0.25, -0.2) is 4.79 Å². The molecule has 0 aromatic carbocycles. The van der Waals surface area contributed by atoms with Crippen LogP contribution in [-0.4, -0.2) is 79.3 Å². The highest BCUT2D eigenvalue weighted by Gasteiger charge is 2.25. The van der Waals surface area contributed by atoms with Crippen LogP contribution in [0, 0.1) is 0 Å². The molecule has 1 unspecified atom stereocenters. The number of rotatable bonds is 6. The van der Waals surface area contributed by atoms with Crippen LogP contribution < -0.4 is 0 Å². The Morgan fingerprint density at radius 3 is 2.59 bits per heavy atom. The van der Waals surface area contributed by atoms with Gasteiger partial charge in [0.1, 0.15) is 0 Å². The van der Waals surface area contributed by atoms with Gasteiger partial charge in [-0.3, -0.25) is 0 Å². The number of hydrogen-bond acceptors (Lipinski definition) is 3. The second-order valence-corrected chi connectivity index (χ2v) is 5.16. The van der Waals surface area contributed by atoms with Crippen molar-refractivity contribution in [3.05, 3.63) is 0 Å². The number of hydrogen-bond donors (Lipinski definition) is 1. The van der Waals surface area contributed by atoms with Crippen molar-refractivity contribution >= 4 is 6.09 Å². The molecule has 1 atom stereocenters. The molecular weight excluding hydrogens is 218 g/mol. The fourth-order valence-corrected chi connectivity index (χ4v) is 2.31. The summed E-state index contributed by atoms with van der Waals surface area (Å²) in [6, 6.07) is 0.408. The Balaban J connectivity index is 2.35. The summed E-state index contributed by atoms with van der Waals surface area (Å²) >= 11 is 0. The predicted octanol–water partition coefficient (Wildman–Crippen LogP) is 1.01. The van der Waals surface area contributed by atoms with Gasteiger partial charge in [-0.2, -0.15) is 0 Å². The molecule has 1 aliphatic heterocycles. The van der Waals surface area contributed by atoms with Crippen LogP contribution in [0.4, 0.5) is 4.79 Å². The second kappa shape index (κ2) is 6.81. The van der Waals surface area contributed by atoms with Gasteiger partial charge in [-0.1, -0.05) is 0 Å². The van der Waals surface area contributed by atoms with Crippen LogP contribution in [0.5, 0.6) is 0 Å². The highest BCUT2D eigenvalue weighted by atomic mass is 16.4. The molecule has 0 saturated carbocycles. The van der Waals surface area contributed by atoms with Crippen LogP contribution in [0.1, 0.15) is 19.3 Å². The molecule has 1 N–H and O–H groups in total. The van der Waals surface area contributed by atoms with Gasteiger partial charge in [-0.05, 0) is 53.5 Å². The van der Waals surface area contributed by atoms with E-state index < -0.39 is 6.09 Å². The highest BCUT2D eigenvalue weighted by molar-refractivity contribution is 5.64. The molecular formula is C12H25N3O2. The van der Waals surface area contributed by atoms with E-state index in [1.807, 2.05) is 14.1 Å². The number of amides is 1. The molecule has 0 spiro atoms. The van der Waals surface area contributed by atoms with Crippen LogP contribution in [-0.2, 0) is 0 Å². The minimum atomic E-state index is -0.788. The van der Waals surface area contributed by atoms with E-state index in [1.54, 1.807) is 4.90 Å². The van der Waals surface area contributed by atoms with Crippen molar-refractivity contribution < 1.29 is 9.90 Å². The number of likely N-dealkylation sites (N-methyl/N-ethyl adjacent to an activating group) is 1. The Hall–Kier alpha value is -0.810. The molecule has 0 aromatic rings. The number of likely N-dealkylation sites (tertiary alicyclic amines) is 1. The van der Waals surface area contributed by atoms with Gasteiger partial charge in [0.25, 0.3) is 0 Å². The molecule has 1 saturated heterocycles. The van der Waals surface area contributed by atoms with Gasteiger partial charge in [0.15, 0.2) is 0 Å². The molecule has 1 rings (SSSR count). The topological polar surface area (TPSA) is 47.0 Å². The number of carboxylic acid groups (broad SMARTS) is 1. The SMILES string of the molecule is CN(C)CCCN(CC1CCCN1C)C(=O)O. The lowest BCUT2D eigenvalue weighted by Gasteiger charge is -2.27. The zero-order valence-corrected chi connectivity index (χ0v) is 11.2. The summed E-state index contributed by atoms with van der Waals surface area (Å²) in [5.74, 6) is 0. The van der Waals surface area contributed by atoms with Crippen molar-refractivity contribution in [3.63, 3.8) is 0 Å². The Kier molecular flexibility index (Phi) is 5.71. The lowest BCUT2D eigenvalue weighted by atomic mass is 10.2. The summed E-state index contributed by atoms with van der Waals surface area (Å²) in [4.78, 5) is 17.1. The van der Waals surface area contributed by atoms with Crippen LogP contribution >= 0.6 is 0 Å². The van der Waals surface area contributed by atoms with E-state index in [4.69, 9.17) is 0 Å². The quantitative estimate of drug-likeness (QED) is 0.756. The van der Waals surface area contributed by atoms with Crippen LogP contribution in [0.25, 0.3) is 0 Å². The molecule has 1 heterocycles. The molecule has 0 aromatic heterocycles. The second-order valence-electron chi connectivity index (χ2n) is 5.16. The van der Waals surface area contributed by atoms with E-state index in [0.29, 0.717) is 19.1 Å². The summed E-state index contributed by atoms with van der Waals surface area (Å²) in [5, 5.41) is 9.18. The molecule has 0 bridgehead atoms. The van der Waals surface area contributed by atoms with Crippen molar-refractivity contribution in [2.45, 2.75) is 25.3 Å². The van der Waals surface area contributed by atoms with Crippen molar-refractivity contribution in [2.75, 3.05) is 47.3 Å². The van der Waals surface area contributed by atoms with Gasteiger partial charge in [0.2, 0.25) is 0 Å². The first kappa shape index (κ1) is 14.3. The minimum absolute atomic E-state index is 0.408. The standard InChI is InChI=1S/C12H25N3O2/c1-13(2)7-5-9-15(12(16)17)10-11-6-4-8-14(11)3/h11H,4-10H2,1-3H3,(H,16,17). The molecule has 5 nitrogen and oxygen atoms in total. The summed E-state index contributed by atoms with van der Waals surface area (Å²) in [7, 11) is 6.10. The number of carbonyl (C=O) groups is 1. The molecule has 1 aliphatic rings. The highest BCUT2D eigenvalue weighted by Crippen LogP contribution is 2.16. The first-order chi connectivity index (χ1) is 8.00. The minimum Gasteiger partial charge on any atom is -0.465 e. The van der Waals surface area contributed by atoms with Crippen LogP contribution in [0.15, 0.2) is 0 Å². The lowest BCUT2D eigenvalue weighted by molar-refractivity contribution is 0.128. The zero-order valence-electron chi connectivity index (χ0n) is 11.2. The van der Waals surface area contributed by atoms with Gasteiger partial charge in [0.05, 0.1) is 0 Å². The van der Waals surface area contributed by atoms with Gasteiger partial charge in [-0.15, -0.1) is 0 Å². The van der Waals surface area contributed by atoms with Gasteiger partial charge >= 0.3 is 6.09 Å². The van der Waals surface area contributed by atoms with Crippen molar-refractivity contribution in [1.29, 1.82) is 0 Å². The summed E-state index contributed by atoms with van der Waals surface area (Å²) in [5.41, 5.74) is 0. The monoisotopic (exact) mass is 243 g/mol. The van der Waals surface area contributed by atoms with E-state index in [9.17, 15) is 9.90 Å². The largest absolute Gasteiger partial charge is 0.465 e. The van der Waals surface area contributed by atoms with E-state index >= 15 is 0 Å². The molecule has 0 radical (unpaired) electrons. The van der Waals surface area contributed by atoms with Crippen molar-refractivity contribution in [3.8, 4) is 0 Å². The molecule has 5 heteroatoms. The molecule has 1 amide bonds. The maximum atomic E-state index is 11.2. The summed E-state index contributed by atoms with van der Waals surface area (Å²) in [6.07, 6.45) is 2.42. The first-order valence-corrected chi connectivity index (χ1v) is 6.33. The Labute approximate surface area is 104 Å². The Bertz CT molecular complexity index is 246. The van der Waals surface area contributed by atoms with Crippen LogP contribution in [0.2, 0.25) is 0 Å². The van der Waals surface area contributed by atoms with Crippen molar-refractivity contribution in [2.24, 2.45) is 0 Å². The molecule has 0 aliphatic carbocycles. The van der Waals surface area contributed by atoms with Gasteiger partial charge in [0, 0.05) is 19.1 Å². The zero-order chi connectivity index (χ0) is 12.8. The molecule has 100 valence electrons. The smallest absolute Gasteiger partial charge is 0.407 e. The van der Waals surface area contributed by atoms with Gasteiger partial charge < -0.3 is 19.8 Å². The average molecular weight is 243 g/mol. The lowest BCUT2D eigenvalue weighted by Crippen LogP contribution is -2.42. The van der Waals surface area contributed by atoms with E-state index in [-0.39, 0.29) is 0 Å². The predicted molar refractivity (Wildman–Crippen MR) is 68.4 cm³/mol. The summed E-state index contributed by atoms with van der Waals surface area (Å²) < 4.78 is 0. The van der Waals surface area contributed by atoms with Crippen LogP contribution in [0.3, 0.4) is 0 Å². The normalized spacial score (nSPS) is 21.1. The average Bonchev–Trinajstić information content (AvgIpc) is 2.62. The molecule has 1 fully saturated rings. The Morgan fingerprint density at radius 2 is 2.12 bits per heavy atom. The Morgan fingerprint density at radius 1 is 1.41 bits per heavy atom. The maximum absolute atomic E-state index is 11.2. The van der Waals surface area contributed by atoms with E-state index in [1.165, 1.54) is 6.42 Å². The maximum Gasteiger partial charge on any atom is 0.407 e.